The second-order valence-electron chi connectivity index (χ2n) is 4.75. The van der Waals surface area contributed by atoms with Gasteiger partial charge >= 0.3 is 0 Å². The highest BCUT2D eigenvalue weighted by molar-refractivity contribution is 7.98. The van der Waals surface area contributed by atoms with Gasteiger partial charge in [0, 0.05) is 4.88 Å². The quantitative estimate of drug-likeness (QED) is 0.574. The molecule has 0 saturated carbocycles. The number of thioether (sulfide) groups is 2. The summed E-state index contributed by atoms with van der Waals surface area (Å²) in [6.07, 6.45) is 3.01. The maximum absolute atomic E-state index is 5.73. The molecule has 0 amide bonds. The number of rotatable bonds is 7. The summed E-state index contributed by atoms with van der Waals surface area (Å²) in [5.74, 6) is 2.99. The summed E-state index contributed by atoms with van der Waals surface area (Å²) in [7, 11) is 0. The third-order valence-corrected chi connectivity index (χ3v) is 5.76. The van der Waals surface area contributed by atoms with E-state index in [1.165, 1.54) is 22.2 Å². The Bertz CT molecular complexity index is 781. The van der Waals surface area contributed by atoms with E-state index in [0.29, 0.717) is 28.6 Å². The fourth-order valence-corrected chi connectivity index (χ4v) is 4.01. The van der Waals surface area contributed by atoms with Crippen LogP contribution in [0.3, 0.4) is 0 Å². The van der Waals surface area contributed by atoms with Gasteiger partial charge < -0.3 is 8.83 Å². The normalized spacial score (nSPS) is 11.3. The topological polar surface area (TPSA) is 77.8 Å². The Morgan fingerprint density at radius 1 is 1.09 bits per heavy atom. The Morgan fingerprint density at radius 3 is 2.61 bits per heavy atom. The summed E-state index contributed by atoms with van der Waals surface area (Å²) in [6, 6.07) is 2.10. The Morgan fingerprint density at radius 2 is 1.87 bits per heavy atom. The Balaban J connectivity index is 1.64. The van der Waals surface area contributed by atoms with Crippen LogP contribution in [0.2, 0.25) is 0 Å². The average Bonchev–Trinajstić information content (AvgIpc) is 3.25. The molecular weight excluding hydrogens is 352 g/mol. The number of thiophene rings is 1. The molecule has 0 aromatic carbocycles. The molecule has 0 radical (unpaired) electrons. The van der Waals surface area contributed by atoms with Crippen molar-refractivity contribution in [1.82, 2.24) is 20.4 Å². The summed E-state index contributed by atoms with van der Waals surface area (Å²) < 4.78 is 11.2. The van der Waals surface area contributed by atoms with Gasteiger partial charge in [-0.05, 0) is 31.2 Å². The number of hydrogen-bond donors (Lipinski definition) is 0. The van der Waals surface area contributed by atoms with Crippen LogP contribution in [0.15, 0.2) is 20.1 Å². The molecule has 0 aliphatic rings. The standard InChI is InChI=1S/C14H16N4O2S3/c1-4-9-8(2)5-10(23-9)13-17-15-12(19-13)7-22-14-18-16-11(20-14)6-21-3/h5H,4,6-7H2,1-3H3. The minimum atomic E-state index is 0.513. The van der Waals surface area contributed by atoms with E-state index in [1.54, 1.807) is 23.1 Å². The molecule has 3 heterocycles. The van der Waals surface area contributed by atoms with Gasteiger partial charge in [0.15, 0.2) is 0 Å². The zero-order chi connectivity index (χ0) is 16.2. The van der Waals surface area contributed by atoms with Crippen molar-refractivity contribution in [3.8, 4) is 10.8 Å². The third kappa shape index (κ3) is 3.96. The van der Waals surface area contributed by atoms with Crippen LogP contribution in [0.4, 0.5) is 0 Å². The van der Waals surface area contributed by atoms with E-state index in [4.69, 9.17) is 8.83 Å². The maximum Gasteiger partial charge on any atom is 0.277 e. The lowest BCUT2D eigenvalue weighted by Gasteiger charge is -1.91. The van der Waals surface area contributed by atoms with Crippen LogP contribution < -0.4 is 0 Å². The first kappa shape index (κ1) is 16.5. The van der Waals surface area contributed by atoms with Gasteiger partial charge in [0.25, 0.3) is 11.1 Å². The lowest BCUT2D eigenvalue weighted by atomic mass is 10.2. The van der Waals surface area contributed by atoms with Crippen molar-refractivity contribution in [3.63, 3.8) is 0 Å². The van der Waals surface area contributed by atoms with Gasteiger partial charge in [-0.1, -0.05) is 18.7 Å². The summed E-state index contributed by atoms with van der Waals surface area (Å²) in [4.78, 5) is 2.37. The Labute approximate surface area is 146 Å². The van der Waals surface area contributed by atoms with E-state index in [1.807, 2.05) is 6.26 Å². The van der Waals surface area contributed by atoms with Crippen LogP contribution in [-0.2, 0) is 17.9 Å². The SMILES string of the molecule is CCc1sc(-c2nnc(CSc3nnc(CSC)o3)o2)cc1C. The molecule has 0 bridgehead atoms. The van der Waals surface area contributed by atoms with Crippen LogP contribution in [0.25, 0.3) is 10.8 Å². The van der Waals surface area contributed by atoms with Crippen LogP contribution in [-0.4, -0.2) is 26.7 Å². The van der Waals surface area contributed by atoms with Crippen molar-refractivity contribution in [1.29, 1.82) is 0 Å². The molecule has 3 aromatic rings. The molecule has 122 valence electrons. The largest absolute Gasteiger partial charge is 0.419 e. The molecule has 0 saturated heterocycles. The summed E-state index contributed by atoms with van der Waals surface area (Å²) in [6.45, 7) is 4.25. The van der Waals surface area contributed by atoms with Crippen molar-refractivity contribution in [3.05, 3.63) is 28.3 Å². The van der Waals surface area contributed by atoms with Gasteiger partial charge in [-0.2, -0.15) is 11.8 Å². The average molecular weight is 369 g/mol. The van der Waals surface area contributed by atoms with E-state index in [2.05, 4.69) is 40.3 Å². The highest BCUT2D eigenvalue weighted by Crippen LogP contribution is 2.31. The second-order valence-corrected chi connectivity index (χ2v) is 7.68. The number of aromatic nitrogens is 4. The van der Waals surface area contributed by atoms with E-state index in [-0.39, 0.29) is 0 Å². The highest BCUT2D eigenvalue weighted by Gasteiger charge is 2.14. The molecule has 9 heteroatoms. The monoisotopic (exact) mass is 368 g/mol. The maximum atomic E-state index is 5.73. The van der Waals surface area contributed by atoms with Crippen LogP contribution in [0, 0.1) is 6.92 Å². The smallest absolute Gasteiger partial charge is 0.277 e. The van der Waals surface area contributed by atoms with Crippen LogP contribution in [0.1, 0.15) is 29.1 Å². The summed E-state index contributed by atoms with van der Waals surface area (Å²) in [5, 5.41) is 16.7. The Hall–Kier alpha value is -1.32. The zero-order valence-electron chi connectivity index (χ0n) is 13.0. The van der Waals surface area contributed by atoms with E-state index < -0.39 is 0 Å². The lowest BCUT2D eigenvalue weighted by molar-refractivity contribution is 0.426. The van der Waals surface area contributed by atoms with Crippen LogP contribution >= 0.6 is 34.9 Å². The minimum absolute atomic E-state index is 0.513. The van der Waals surface area contributed by atoms with Gasteiger partial charge in [0.2, 0.25) is 11.8 Å². The third-order valence-electron chi connectivity index (χ3n) is 3.05. The molecule has 0 aliphatic heterocycles. The Kier molecular flexibility index (Phi) is 5.39. The van der Waals surface area contributed by atoms with Gasteiger partial charge in [0.1, 0.15) is 0 Å². The lowest BCUT2D eigenvalue weighted by Crippen LogP contribution is -1.80. The number of nitrogens with zero attached hydrogens (tertiary/aromatic N) is 4. The van der Waals surface area contributed by atoms with Crippen molar-refractivity contribution in [2.45, 2.75) is 37.0 Å². The van der Waals surface area contributed by atoms with E-state index >= 15 is 0 Å². The predicted molar refractivity (Wildman–Crippen MR) is 92.8 cm³/mol. The predicted octanol–water partition coefficient (Wildman–Crippen LogP) is 4.21. The van der Waals surface area contributed by atoms with E-state index in [0.717, 1.165) is 17.1 Å². The molecule has 0 aliphatic carbocycles. The first-order valence-electron chi connectivity index (χ1n) is 7.05. The van der Waals surface area contributed by atoms with Crippen LogP contribution in [0.5, 0.6) is 0 Å². The van der Waals surface area contributed by atoms with Gasteiger partial charge in [-0.3, -0.25) is 0 Å². The molecule has 0 fully saturated rings. The molecule has 6 nitrogen and oxygen atoms in total. The fourth-order valence-electron chi connectivity index (χ4n) is 1.99. The molecular formula is C14H16N4O2S3. The van der Waals surface area contributed by atoms with E-state index in [9.17, 15) is 0 Å². The zero-order valence-corrected chi connectivity index (χ0v) is 15.5. The molecule has 0 atom stereocenters. The van der Waals surface area contributed by atoms with Gasteiger partial charge in [-0.25, -0.2) is 0 Å². The van der Waals surface area contributed by atoms with Gasteiger partial charge in [-0.15, -0.1) is 31.7 Å². The summed E-state index contributed by atoms with van der Waals surface area (Å²) in [5.41, 5.74) is 1.27. The fraction of sp³-hybridized carbons (Fsp3) is 0.429. The molecule has 0 unspecified atom stereocenters. The first-order valence-corrected chi connectivity index (χ1v) is 10.2. The molecule has 3 aromatic heterocycles. The van der Waals surface area contributed by atoms with Crippen molar-refractivity contribution in [2.75, 3.05) is 6.26 Å². The highest BCUT2D eigenvalue weighted by atomic mass is 32.2. The molecule has 23 heavy (non-hydrogen) atoms. The van der Waals surface area contributed by atoms with Crippen molar-refractivity contribution in [2.24, 2.45) is 0 Å². The van der Waals surface area contributed by atoms with Crippen molar-refractivity contribution >= 4 is 34.9 Å². The van der Waals surface area contributed by atoms with Crippen molar-refractivity contribution < 1.29 is 8.83 Å². The van der Waals surface area contributed by atoms with Gasteiger partial charge in [0.05, 0.1) is 16.4 Å². The molecule has 3 rings (SSSR count). The first-order chi connectivity index (χ1) is 11.2. The number of aryl methyl sites for hydroxylation is 2. The molecule has 0 N–H and O–H groups in total. The molecule has 0 spiro atoms. The summed E-state index contributed by atoms with van der Waals surface area (Å²) >= 11 is 4.75. The minimum Gasteiger partial charge on any atom is -0.419 e. The number of hydrogen-bond acceptors (Lipinski definition) is 9. The second kappa shape index (κ2) is 7.50.